The first-order chi connectivity index (χ1) is 10.2. The second-order valence-electron chi connectivity index (χ2n) is 7.49. The van der Waals surface area contributed by atoms with Crippen molar-refractivity contribution in [2.24, 2.45) is 0 Å². The molecule has 0 aromatic heterocycles. The first kappa shape index (κ1) is 16.8. The van der Waals surface area contributed by atoms with E-state index in [2.05, 4.69) is 32.9 Å². The van der Waals surface area contributed by atoms with Crippen LogP contribution in [0.15, 0.2) is 24.3 Å². The summed E-state index contributed by atoms with van der Waals surface area (Å²) < 4.78 is 11.2. The van der Waals surface area contributed by atoms with E-state index in [1.165, 1.54) is 5.56 Å². The molecule has 0 saturated carbocycles. The molecule has 1 aliphatic heterocycles. The largest absolute Gasteiger partial charge is 0.484 e. The minimum absolute atomic E-state index is 0.0104. The van der Waals surface area contributed by atoms with Crippen LogP contribution in [0.2, 0.25) is 0 Å². The predicted molar refractivity (Wildman–Crippen MR) is 87.2 cm³/mol. The molecule has 22 heavy (non-hydrogen) atoms. The normalized spacial score (nSPS) is 18.1. The van der Waals surface area contributed by atoms with Crippen LogP contribution >= 0.6 is 0 Å². The van der Waals surface area contributed by atoms with Gasteiger partial charge in [0.05, 0.1) is 12.2 Å². The third-order valence-corrected chi connectivity index (χ3v) is 3.86. The van der Waals surface area contributed by atoms with Crippen LogP contribution in [0.25, 0.3) is 0 Å². The summed E-state index contributed by atoms with van der Waals surface area (Å²) in [4.78, 5) is 14.0. The molecule has 0 spiro atoms. The highest BCUT2D eigenvalue weighted by molar-refractivity contribution is 5.78. The van der Waals surface area contributed by atoms with Crippen molar-refractivity contribution in [1.82, 2.24) is 4.90 Å². The zero-order chi connectivity index (χ0) is 16.4. The fraction of sp³-hybridized carbons (Fsp3) is 0.611. The number of rotatable bonds is 3. The van der Waals surface area contributed by atoms with Crippen LogP contribution in [-0.4, -0.2) is 42.7 Å². The van der Waals surface area contributed by atoms with Crippen molar-refractivity contribution >= 4 is 5.91 Å². The van der Waals surface area contributed by atoms with E-state index < -0.39 is 0 Å². The molecule has 1 amide bonds. The lowest BCUT2D eigenvalue weighted by Crippen LogP contribution is -2.51. The zero-order valence-electron chi connectivity index (χ0n) is 14.3. The Labute approximate surface area is 133 Å². The molecule has 122 valence electrons. The second-order valence-corrected chi connectivity index (χ2v) is 7.49. The van der Waals surface area contributed by atoms with E-state index in [-0.39, 0.29) is 23.5 Å². The lowest BCUT2D eigenvalue weighted by Gasteiger charge is -2.38. The highest BCUT2D eigenvalue weighted by Gasteiger charge is 2.29. The predicted octanol–water partition coefficient (Wildman–Crippen LogP) is 3.00. The molecule has 0 bridgehead atoms. The van der Waals surface area contributed by atoms with Crippen LogP contribution in [0.4, 0.5) is 0 Å². The number of ether oxygens (including phenoxy) is 2. The minimum atomic E-state index is -0.276. The Hall–Kier alpha value is -1.55. The summed E-state index contributed by atoms with van der Waals surface area (Å²) in [6.07, 6.45) is 0. The maximum atomic E-state index is 12.2. The van der Waals surface area contributed by atoms with Gasteiger partial charge in [-0.1, -0.05) is 32.9 Å². The maximum Gasteiger partial charge on any atom is 0.260 e. The van der Waals surface area contributed by atoms with Gasteiger partial charge in [-0.3, -0.25) is 4.79 Å². The summed E-state index contributed by atoms with van der Waals surface area (Å²) in [5, 5.41) is 0. The van der Waals surface area contributed by atoms with Gasteiger partial charge in [0, 0.05) is 13.1 Å². The fourth-order valence-electron chi connectivity index (χ4n) is 2.52. The first-order valence-electron chi connectivity index (χ1n) is 7.82. The summed E-state index contributed by atoms with van der Waals surface area (Å²) >= 11 is 0. The molecule has 0 aliphatic carbocycles. The Morgan fingerprint density at radius 1 is 1.27 bits per heavy atom. The van der Waals surface area contributed by atoms with E-state index >= 15 is 0 Å². The number of carbonyl (C=O) groups excluding carboxylic acids is 1. The quantitative estimate of drug-likeness (QED) is 0.861. The topological polar surface area (TPSA) is 38.8 Å². The Balaban J connectivity index is 1.88. The third kappa shape index (κ3) is 4.47. The molecule has 4 nitrogen and oxygen atoms in total. The molecule has 1 heterocycles. The highest BCUT2D eigenvalue weighted by Crippen LogP contribution is 2.24. The van der Waals surface area contributed by atoms with Gasteiger partial charge in [0.2, 0.25) is 0 Å². The van der Waals surface area contributed by atoms with Gasteiger partial charge in [0.15, 0.2) is 6.61 Å². The van der Waals surface area contributed by atoms with Crippen LogP contribution in [0, 0.1) is 0 Å². The zero-order valence-corrected chi connectivity index (χ0v) is 14.3. The molecule has 4 heteroatoms. The summed E-state index contributed by atoms with van der Waals surface area (Å²) in [6.45, 7) is 12.4. The Bertz CT molecular complexity index is 514. The van der Waals surface area contributed by atoms with Crippen LogP contribution in [0.5, 0.6) is 5.75 Å². The molecule has 2 rings (SSSR count). The molecule has 1 aromatic rings. The van der Waals surface area contributed by atoms with Gasteiger partial charge in [0.25, 0.3) is 5.91 Å². The summed E-state index contributed by atoms with van der Waals surface area (Å²) in [7, 11) is 0. The van der Waals surface area contributed by atoms with Crippen LogP contribution in [-0.2, 0) is 14.9 Å². The number of nitrogens with zero attached hydrogens (tertiary/aromatic N) is 1. The second kappa shape index (κ2) is 6.29. The lowest BCUT2D eigenvalue weighted by molar-refractivity contribution is -0.147. The number of carbonyl (C=O) groups is 1. The Kier molecular flexibility index (Phi) is 4.81. The van der Waals surface area contributed by atoms with Gasteiger partial charge in [-0.25, -0.2) is 0 Å². The van der Waals surface area contributed by atoms with Crippen molar-refractivity contribution in [2.45, 2.75) is 45.6 Å². The van der Waals surface area contributed by atoms with Crippen LogP contribution in [0.3, 0.4) is 0 Å². The molecule has 0 unspecified atom stereocenters. The average molecular weight is 305 g/mol. The van der Waals surface area contributed by atoms with E-state index in [9.17, 15) is 4.79 Å². The third-order valence-electron chi connectivity index (χ3n) is 3.86. The van der Waals surface area contributed by atoms with Crippen LogP contribution in [0.1, 0.15) is 40.2 Å². The van der Waals surface area contributed by atoms with E-state index in [1.54, 1.807) is 0 Å². The maximum absolute atomic E-state index is 12.2. The molecule has 1 fully saturated rings. The molecule has 1 aliphatic rings. The van der Waals surface area contributed by atoms with E-state index in [0.717, 1.165) is 5.75 Å². The minimum Gasteiger partial charge on any atom is -0.484 e. The van der Waals surface area contributed by atoms with Crippen molar-refractivity contribution in [2.75, 3.05) is 26.3 Å². The lowest BCUT2D eigenvalue weighted by atomic mass is 9.87. The van der Waals surface area contributed by atoms with E-state index in [4.69, 9.17) is 9.47 Å². The average Bonchev–Trinajstić information content (AvgIpc) is 2.43. The Morgan fingerprint density at radius 3 is 2.45 bits per heavy atom. The van der Waals surface area contributed by atoms with Crippen molar-refractivity contribution < 1.29 is 14.3 Å². The molecule has 1 aromatic carbocycles. The summed E-state index contributed by atoms with van der Waals surface area (Å²) in [6, 6.07) is 7.96. The number of amides is 1. The number of benzene rings is 1. The molecular weight excluding hydrogens is 278 g/mol. The van der Waals surface area contributed by atoms with Crippen molar-refractivity contribution in [1.29, 1.82) is 0 Å². The SMILES string of the molecule is CC1(C)CN(C(=O)COc2ccc(C(C)(C)C)cc2)CCO1. The van der Waals surface area contributed by atoms with Crippen molar-refractivity contribution in [3.63, 3.8) is 0 Å². The number of hydrogen-bond acceptors (Lipinski definition) is 3. The van der Waals surface area contributed by atoms with Gasteiger partial charge < -0.3 is 14.4 Å². The molecule has 1 saturated heterocycles. The molecule has 0 N–H and O–H groups in total. The van der Waals surface area contributed by atoms with Gasteiger partial charge in [0.1, 0.15) is 5.75 Å². The molecular formula is C18H27NO3. The van der Waals surface area contributed by atoms with E-state index in [1.807, 2.05) is 30.9 Å². The Morgan fingerprint density at radius 2 is 1.91 bits per heavy atom. The molecule has 0 atom stereocenters. The number of hydrogen-bond donors (Lipinski definition) is 0. The van der Waals surface area contributed by atoms with Gasteiger partial charge in [-0.15, -0.1) is 0 Å². The molecule has 0 radical (unpaired) electrons. The fourth-order valence-corrected chi connectivity index (χ4v) is 2.52. The van der Waals surface area contributed by atoms with Crippen molar-refractivity contribution in [3.8, 4) is 5.75 Å². The van der Waals surface area contributed by atoms with Gasteiger partial charge in [-0.2, -0.15) is 0 Å². The summed E-state index contributed by atoms with van der Waals surface area (Å²) in [5.41, 5.74) is 1.09. The standard InChI is InChI=1S/C18H27NO3/c1-17(2,3)14-6-8-15(9-7-14)21-12-16(20)19-10-11-22-18(4,5)13-19/h6-9H,10-13H2,1-5H3. The van der Waals surface area contributed by atoms with E-state index in [0.29, 0.717) is 19.7 Å². The summed E-state index contributed by atoms with van der Waals surface area (Å²) in [5.74, 6) is 0.741. The van der Waals surface area contributed by atoms with Crippen molar-refractivity contribution in [3.05, 3.63) is 29.8 Å². The van der Waals surface area contributed by atoms with Gasteiger partial charge >= 0.3 is 0 Å². The smallest absolute Gasteiger partial charge is 0.260 e. The van der Waals surface area contributed by atoms with Crippen LogP contribution < -0.4 is 4.74 Å². The number of morpholine rings is 1. The highest BCUT2D eigenvalue weighted by atomic mass is 16.5. The van der Waals surface area contributed by atoms with Gasteiger partial charge in [-0.05, 0) is 37.0 Å². The first-order valence-corrected chi connectivity index (χ1v) is 7.82. The monoisotopic (exact) mass is 305 g/mol.